The highest BCUT2D eigenvalue weighted by atomic mass is 16.6. The van der Waals surface area contributed by atoms with E-state index in [1.54, 1.807) is 36.4 Å². The number of aliphatic hydroxyl groups is 1. The molecule has 3 nitrogen and oxygen atoms in total. The van der Waals surface area contributed by atoms with Crippen molar-refractivity contribution in [3.8, 4) is 11.8 Å². The molecule has 0 heterocycles. The van der Waals surface area contributed by atoms with Gasteiger partial charge in [-0.15, -0.1) is 0 Å². The van der Waals surface area contributed by atoms with Gasteiger partial charge in [-0.2, -0.15) is 5.26 Å². The topological polar surface area (TPSA) is 53.2 Å². The van der Waals surface area contributed by atoms with E-state index in [1.807, 2.05) is 24.3 Å². The second-order valence-corrected chi connectivity index (χ2v) is 3.49. The van der Waals surface area contributed by atoms with Crippen molar-refractivity contribution in [2.75, 3.05) is 0 Å². The minimum atomic E-state index is -1.06. The number of nitriles is 1. The van der Waals surface area contributed by atoms with E-state index >= 15 is 0 Å². The molecule has 0 fully saturated rings. The zero-order chi connectivity index (χ0) is 12.1. The molecule has 3 heteroatoms. The van der Waals surface area contributed by atoms with E-state index in [0.717, 1.165) is 0 Å². The molecule has 0 bridgehead atoms. The van der Waals surface area contributed by atoms with E-state index in [4.69, 9.17) is 10.00 Å². The molecule has 0 spiro atoms. The van der Waals surface area contributed by atoms with Gasteiger partial charge < -0.3 is 9.84 Å². The first-order valence-electron chi connectivity index (χ1n) is 5.20. The normalized spacial score (nSPS) is 11.5. The number of hydrogen-bond acceptors (Lipinski definition) is 3. The van der Waals surface area contributed by atoms with Gasteiger partial charge in [0.1, 0.15) is 11.8 Å². The van der Waals surface area contributed by atoms with Crippen molar-refractivity contribution in [1.82, 2.24) is 0 Å². The first-order valence-corrected chi connectivity index (χ1v) is 5.20. The summed E-state index contributed by atoms with van der Waals surface area (Å²) in [6.45, 7) is 0. The maximum absolute atomic E-state index is 9.86. The van der Waals surface area contributed by atoms with Crippen molar-refractivity contribution < 1.29 is 9.84 Å². The van der Waals surface area contributed by atoms with Gasteiger partial charge in [0.05, 0.1) is 5.56 Å². The zero-order valence-electron chi connectivity index (χ0n) is 9.08. The van der Waals surface area contributed by atoms with Crippen molar-refractivity contribution >= 4 is 0 Å². The van der Waals surface area contributed by atoms with E-state index in [2.05, 4.69) is 0 Å². The molecule has 0 unspecified atom stereocenters. The molecule has 84 valence electrons. The molecule has 0 aliphatic heterocycles. The summed E-state index contributed by atoms with van der Waals surface area (Å²) in [6.07, 6.45) is -1.06. The standard InChI is InChI=1S/C14H11NO2/c15-10-12-8-4-5-9-13(12)17-14(16)11-6-2-1-3-7-11/h1-9,14,16H/t14-/m0/s1. The van der Waals surface area contributed by atoms with Gasteiger partial charge in [-0.3, -0.25) is 0 Å². The van der Waals surface area contributed by atoms with Crippen LogP contribution in [-0.4, -0.2) is 5.11 Å². The van der Waals surface area contributed by atoms with Crippen LogP contribution < -0.4 is 4.74 Å². The van der Waals surface area contributed by atoms with E-state index in [1.165, 1.54) is 0 Å². The molecule has 2 rings (SSSR count). The van der Waals surface area contributed by atoms with E-state index < -0.39 is 6.29 Å². The summed E-state index contributed by atoms with van der Waals surface area (Å²) in [6, 6.07) is 17.9. The van der Waals surface area contributed by atoms with Gasteiger partial charge in [0.25, 0.3) is 0 Å². The lowest BCUT2D eigenvalue weighted by atomic mass is 10.2. The SMILES string of the molecule is N#Cc1ccccc1O[C@H](O)c1ccccc1. The first-order chi connectivity index (χ1) is 8.31. The Morgan fingerprint density at radius 1 is 1.00 bits per heavy atom. The third kappa shape index (κ3) is 2.63. The quantitative estimate of drug-likeness (QED) is 0.817. The molecule has 1 atom stereocenters. The highest BCUT2D eigenvalue weighted by Crippen LogP contribution is 2.23. The van der Waals surface area contributed by atoms with Crippen molar-refractivity contribution in [3.63, 3.8) is 0 Å². The van der Waals surface area contributed by atoms with Gasteiger partial charge >= 0.3 is 0 Å². The molecule has 0 saturated carbocycles. The molecule has 0 aromatic heterocycles. The van der Waals surface area contributed by atoms with Crippen molar-refractivity contribution in [1.29, 1.82) is 5.26 Å². The fourth-order valence-corrected chi connectivity index (χ4v) is 1.47. The molecule has 0 aliphatic rings. The van der Waals surface area contributed by atoms with Crippen LogP contribution in [0.25, 0.3) is 0 Å². The number of nitrogens with zero attached hydrogens (tertiary/aromatic N) is 1. The summed E-state index contributed by atoms with van der Waals surface area (Å²) in [5.41, 5.74) is 1.06. The lowest BCUT2D eigenvalue weighted by Gasteiger charge is -2.14. The van der Waals surface area contributed by atoms with Gasteiger partial charge in [0, 0.05) is 5.56 Å². The van der Waals surface area contributed by atoms with Crippen LogP contribution in [0.4, 0.5) is 0 Å². The Labute approximate surface area is 99.5 Å². The maximum atomic E-state index is 9.86. The van der Waals surface area contributed by atoms with E-state index in [-0.39, 0.29) is 0 Å². The van der Waals surface area contributed by atoms with Gasteiger partial charge in [0.15, 0.2) is 0 Å². The first kappa shape index (κ1) is 11.2. The summed E-state index contributed by atoms with van der Waals surface area (Å²) in [5, 5.41) is 18.8. The predicted molar refractivity (Wildman–Crippen MR) is 63.2 cm³/mol. The second kappa shape index (κ2) is 5.15. The van der Waals surface area contributed by atoms with Crippen molar-refractivity contribution in [3.05, 3.63) is 65.7 Å². The minimum Gasteiger partial charge on any atom is -0.459 e. The predicted octanol–water partition coefficient (Wildman–Crippen LogP) is 2.63. The monoisotopic (exact) mass is 225 g/mol. The molecular weight excluding hydrogens is 214 g/mol. The van der Waals surface area contributed by atoms with Gasteiger partial charge in [0.2, 0.25) is 6.29 Å². The highest BCUT2D eigenvalue weighted by Gasteiger charge is 2.10. The molecule has 0 amide bonds. The van der Waals surface area contributed by atoms with Gasteiger partial charge in [-0.05, 0) is 12.1 Å². The van der Waals surface area contributed by atoms with Gasteiger partial charge in [-0.1, -0.05) is 42.5 Å². The average molecular weight is 225 g/mol. The molecule has 2 aromatic rings. The fourth-order valence-electron chi connectivity index (χ4n) is 1.47. The van der Waals surface area contributed by atoms with Crippen molar-refractivity contribution in [2.45, 2.75) is 6.29 Å². The van der Waals surface area contributed by atoms with Crippen molar-refractivity contribution in [2.24, 2.45) is 0 Å². The minimum absolute atomic E-state index is 0.381. The Morgan fingerprint density at radius 2 is 1.65 bits per heavy atom. The zero-order valence-corrected chi connectivity index (χ0v) is 9.08. The number of ether oxygens (including phenoxy) is 1. The number of aliphatic hydroxyl groups excluding tert-OH is 1. The lowest BCUT2D eigenvalue weighted by Crippen LogP contribution is -2.06. The molecule has 0 saturated heterocycles. The Kier molecular flexibility index (Phi) is 3.39. The van der Waals surface area contributed by atoms with Crippen LogP contribution in [-0.2, 0) is 0 Å². The average Bonchev–Trinajstić information content (AvgIpc) is 2.40. The Morgan fingerprint density at radius 3 is 2.35 bits per heavy atom. The molecule has 17 heavy (non-hydrogen) atoms. The van der Waals surface area contributed by atoms with Crippen LogP contribution in [0.2, 0.25) is 0 Å². The summed E-state index contributed by atoms with van der Waals surface area (Å²) in [7, 11) is 0. The van der Waals surface area contributed by atoms with Crippen LogP contribution in [0.5, 0.6) is 5.75 Å². The number of para-hydroxylation sites is 1. The molecule has 1 N–H and O–H groups in total. The third-order valence-corrected chi connectivity index (χ3v) is 2.33. The summed E-state index contributed by atoms with van der Waals surface area (Å²) in [5.74, 6) is 0.381. The number of hydrogen-bond donors (Lipinski definition) is 1. The number of rotatable bonds is 3. The van der Waals surface area contributed by atoms with E-state index in [9.17, 15) is 5.11 Å². The fraction of sp³-hybridized carbons (Fsp3) is 0.0714. The molecule has 0 aliphatic carbocycles. The van der Waals surface area contributed by atoms with Crippen LogP contribution in [0.15, 0.2) is 54.6 Å². The van der Waals surface area contributed by atoms with Crippen LogP contribution in [0.3, 0.4) is 0 Å². The Balaban J connectivity index is 2.19. The second-order valence-electron chi connectivity index (χ2n) is 3.49. The Bertz CT molecular complexity index is 531. The summed E-state index contributed by atoms with van der Waals surface area (Å²) in [4.78, 5) is 0. The summed E-state index contributed by atoms with van der Waals surface area (Å²) < 4.78 is 5.36. The van der Waals surface area contributed by atoms with Crippen LogP contribution in [0, 0.1) is 11.3 Å². The largest absolute Gasteiger partial charge is 0.459 e. The summed E-state index contributed by atoms with van der Waals surface area (Å²) >= 11 is 0. The molecule has 0 radical (unpaired) electrons. The van der Waals surface area contributed by atoms with E-state index in [0.29, 0.717) is 16.9 Å². The molecule has 2 aromatic carbocycles. The maximum Gasteiger partial charge on any atom is 0.224 e. The van der Waals surface area contributed by atoms with Gasteiger partial charge in [-0.25, -0.2) is 0 Å². The molecular formula is C14H11NO2. The van der Waals surface area contributed by atoms with Crippen LogP contribution >= 0.6 is 0 Å². The highest BCUT2D eigenvalue weighted by molar-refractivity contribution is 5.42. The Hall–Kier alpha value is -2.31. The van der Waals surface area contributed by atoms with Crippen LogP contribution in [0.1, 0.15) is 17.4 Å². The smallest absolute Gasteiger partial charge is 0.224 e. The number of benzene rings is 2. The lowest BCUT2D eigenvalue weighted by molar-refractivity contribution is -0.0196. The third-order valence-electron chi connectivity index (χ3n) is 2.33.